The molecule has 0 aliphatic carbocycles. The van der Waals surface area contributed by atoms with Crippen LogP contribution in [0.15, 0.2) is 42.5 Å². The highest BCUT2D eigenvalue weighted by molar-refractivity contribution is 6.35. The summed E-state index contributed by atoms with van der Waals surface area (Å²) in [6.07, 6.45) is 0.225. The molecular formula is C18H17Cl2N3O3. The number of carbonyl (C=O) groups excluding carboxylic acids is 2. The molecule has 2 aromatic carbocycles. The minimum atomic E-state index is -0.441. The summed E-state index contributed by atoms with van der Waals surface area (Å²) < 4.78 is 5.12. The van der Waals surface area contributed by atoms with Crippen LogP contribution in [0, 0.1) is 0 Å². The van der Waals surface area contributed by atoms with Crippen molar-refractivity contribution >= 4 is 46.5 Å². The molecule has 0 bridgehead atoms. The Balaban J connectivity index is 1.61. The number of nitrogens with zero attached hydrogens (tertiary/aromatic N) is 1. The summed E-state index contributed by atoms with van der Waals surface area (Å²) in [5.74, 6) is 0.661. The quantitative estimate of drug-likeness (QED) is 0.826. The lowest BCUT2D eigenvalue weighted by Gasteiger charge is -2.18. The zero-order chi connectivity index (χ0) is 18.7. The van der Waals surface area contributed by atoms with Crippen molar-refractivity contribution in [3.05, 3.63) is 52.5 Å². The normalized spacial score (nSPS) is 16.5. The Labute approximate surface area is 161 Å². The molecule has 6 nitrogen and oxygen atoms in total. The fraction of sp³-hybridized carbons (Fsp3) is 0.222. The van der Waals surface area contributed by atoms with Crippen molar-refractivity contribution in [2.75, 3.05) is 23.9 Å². The van der Waals surface area contributed by atoms with Gasteiger partial charge in [0.15, 0.2) is 0 Å². The van der Waals surface area contributed by atoms with Crippen molar-refractivity contribution in [1.29, 1.82) is 0 Å². The van der Waals surface area contributed by atoms with E-state index in [1.165, 1.54) is 0 Å². The molecule has 0 aromatic heterocycles. The second kappa shape index (κ2) is 7.85. The highest BCUT2D eigenvalue weighted by atomic mass is 35.5. The largest absolute Gasteiger partial charge is 0.497 e. The summed E-state index contributed by atoms with van der Waals surface area (Å²) in [5, 5.41) is 6.28. The predicted molar refractivity (Wildman–Crippen MR) is 102 cm³/mol. The van der Waals surface area contributed by atoms with E-state index in [4.69, 9.17) is 27.9 Å². The van der Waals surface area contributed by atoms with E-state index < -0.39 is 6.03 Å². The van der Waals surface area contributed by atoms with Crippen LogP contribution in [-0.4, -0.2) is 31.6 Å². The number of benzene rings is 2. The van der Waals surface area contributed by atoms with Crippen molar-refractivity contribution in [3.63, 3.8) is 0 Å². The average Bonchev–Trinajstić information content (AvgIpc) is 2.98. The molecule has 3 rings (SSSR count). The first-order valence-corrected chi connectivity index (χ1v) is 8.69. The molecule has 136 valence electrons. The van der Waals surface area contributed by atoms with E-state index in [0.717, 1.165) is 5.69 Å². The van der Waals surface area contributed by atoms with Gasteiger partial charge in [0.2, 0.25) is 5.91 Å². The van der Waals surface area contributed by atoms with Crippen molar-refractivity contribution in [3.8, 4) is 5.75 Å². The molecule has 3 amide bonds. The second-order valence-corrected chi connectivity index (χ2v) is 6.67. The number of halogens is 2. The summed E-state index contributed by atoms with van der Waals surface area (Å²) in [4.78, 5) is 26.1. The van der Waals surface area contributed by atoms with Crippen LogP contribution in [0.4, 0.5) is 16.2 Å². The van der Waals surface area contributed by atoms with E-state index in [-0.39, 0.29) is 18.4 Å². The number of methoxy groups -OCH3 is 1. The van der Waals surface area contributed by atoms with Gasteiger partial charge in [0, 0.05) is 23.7 Å². The molecule has 2 N–H and O–H groups in total. The van der Waals surface area contributed by atoms with Gasteiger partial charge in [-0.05, 0) is 42.5 Å². The van der Waals surface area contributed by atoms with Gasteiger partial charge in [0.25, 0.3) is 0 Å². The maximum Gasteiger partial charge on any atom is 0.319 e. The van der Waals surface area contributed by atoms with E-state index in [1.54, 1.807) is 42.3 Å². The smallest absolute Gasteiger partial charge is 0.319 e. The van der Waals surface area contributed by atoms with Gasteiger partial charge < -0.3 is 20.3 Å². The van der Waals surface area contributed by atoms with E-state index in [9.17, 15) is 9.59 Å². The van der Waals surface area contributed by atoms with Crippen molar-refractivity contribution in [1.82, 2.24) is 5.32 Å². The summed E-state index contributed by atoms with van der Waals surface area (Å²) >= 11 is 11.9. The topological polar surface area (TPSA) is 70.7 Å². The van der Waals surface area contributed by atoms with Gasteiger partial charge in [-0.3, -0.25) is 4.79 Å². The van der Waals surface area contributed by atoms with Crippen LogP contribution < -0.4 is 20.3 Å². The molecule has 1 fully saturated rings. The molecule has 1 heterocycles. The third-order valence-electron chi connectivity index (χ3n) is 4.02. The van der Waals surface area contributed by atoms with Crippen LogP contribution >= 0.6 is 23.2 Å². The molecule has 1 saturated heterocycles. The first kappa shape index (κ1) is 18.4. The minimum Gasteiger partial charge on any atom is -0.497 e. The highest BCUT2D eigenvalue weighted by Crippen LogP contribution is 2.26. The van der Waals surface area contributed by atoms with Crippen molar-refractivity contribution in [2.24, 2.45) is 0 Å². The number of rotatable bonds is 4. The first-order chi connectivity index (χ1) is 12.5. The number of hydrogen-bond acceptors (Lipinski definition) is 3. The molecule has 2 aromatic rings. The summed E-state index contributed by atoms with van der Waals surface area (Å²) in [6.45, 7) is 0.391. The molecule has 1 atom stereocenters. The number of urea groups is 1. The van der Waals surface area contributed by atoms with E-state index >= 15 is 0 Å². The summed E-state index contributed by atoms with van der Waals surface area (Å²) in [7, 11) is 1.58. The Morgan fingerprint density at radius 2 is 1.92 bits per heavy atom. The molecule has 1 unspecified atom stereocenters. The Morgan fingerprint density at radius 1 is 1.19 bits per heavy atom. The van der Waals surface area contributed by atoms with Gasteiger partial charge in [-0.25, -0.2) is 4.79 Å². The summed E-state index contributed by atoms with van der Waals surface area (Å²) in [5.41, 5.74) is 1.17. The van der Waals surface area contributed by atoms with Gasteiger partial charge in [-0.15, -0.1) is 0 Å². The lowest BCUT2D eigenvalue weighted by Crippen LogP contribution is -2.39. The fourth-order valence-corrected chi connectivity index (χ4v) is 3.09. The van der Waals surface area contributed by atoms with Gasteiger partial charge in [-0.1, -0.05) is 23.2 Å². The van der Waals surface area contributed by atoms with Crippen LogP contribution in [0.2, 0.25) is 10.0 Å². The molecule has 26 heavy (non-hydrogen) atoms. The van der Waals surface area contributed by atoms with Crippen molar-refractivity contribution < 1.29 is 14.3 Å². The van der Waals surface area contributed by atoms with Crippen LogP contribution in [0.25, 0.3) is 0 Å². The lowest BCUT2D eigenvalue weighted by atomic mass is 10.2. The van der Waals surface area contributed by atoms with Crippen LogP contribution in [0.5, 0.6) is 5.75 Å². The second-order valence-electron chi connectivity index (χ2n) is 5.83. The molecule has 0 radical (unpaired) electrons. The fourth-order valence-electron chi connectivity index (χ4n) is 2.75. The maximum absolute atomic E-state index is 12.3. The zero-order valence-corrected chi connectivity index (χ0v) is 15.5. The van der Waals surface area contributed by atoms with E-state index in [1.807, 2.05) is 12.1 Å². The average molecular weight is 394 g/mol. The highest BCUT2D eigenvalue weighted by Gasteiger charge is 2.31. The van der Waals surface area contributed by atoms with E-state index in [0.29, 0.717) is 28.0 Å². The zero-order valence-electron chi connectivity index (χ0n) is 14.0. The number of nitrogens with one attached hydrogen (secondary N) is 2. The number of hydrogen-bond donors (Lipinski definition) is 2. The molecule has 0 spiro atoms. The maximum atomic E-state index is 12.3. The number of anilines is 2. The van der Waals surface area contributed by atoms with Gasteiger partial charge in [-0.2, -0.15) is 0 Å². The van der Waals surface area contributed by atoms with Crippen molar-refractivity contribution in [2.45, 2.75) is 12.5 Å². The number of amides is 3. The predicted octanol–water partition coefficient (Wildman–Crippen LogP) is 3.93. The standard InChI is InChI=1S/C18H17Cl2N3O3/c1-26-14-5-3-13(4-6-14)23-10-12(9-17(23)24)21-18(25)22-16-8-11(19)2-7-15(16)20/h2-8,12H,9-10H2,1H3,(H2,21,22,25). The first-order valence-electron chi connectivity index (χ1n) is 7.93. The minimum absolute atomic E-state index is 0.0544. The Kier molecular flexibility index (Phi) is 5.54. The molecule has 1 aliphatic heterocycles. The van der Waals surface area contributed by atoms with Crippen LogP contribution in [-0.2, 0) is 4.79 Å². The van der Waals surface area contributed by atoms with Crippen LogP contribution in [0.1, 0.15) is 6.42 Å². The number of carbonyl (C=O) groups is 2. The third kappa shape index (κ3) is 4.20. The monoisotopic (exact) mass is 393 g/mol. The number of ether oxygens (including phenoxy) is 1. The molecule has 0 saturated carbocycles. The Hall–Kier alpha value is -2.44. The SMILES string of the molecule is COc1ccc(N2CC(NC(=O)Nc3cc(Cl)ccc3Cl)CC2=O)cc1. The van der Waals surface area contributed by atoms with Gasteiger partial charge >= 0.3 is 6.03 Å². The molecule has 8 heteroatoms. The lowest BCUT2D eigenvalue weighted by molar-refractivity contribution is -0.117. The van der Waals surface area contributed by atoms with E-state index in [2.05, 4.69) is 10.6 Å². The molecular weight excluding hydrogens is 377 g/mol. The Bertz CT molecular complexity index is 827. The summed E-state index contributed by atoms with van der Waals surface area (Å²) in [6, 6.07) is 11.3. The van der Waals surface area contributed by atoms with Gasteiger partial charge in [0.05, 0.1) is 23.9 Å². The Morgan fingerprint density at radius 3 is 2.62 bits per heavy atom. The molecule has 1 aliphatic rings. The van der Waals surface area contributed by atoms with Crippen LogP contribution in [0.3, 0.4) is 0 Å². The van der Waals surface area contributed by atoms with Gasteiger partial charge in [0.1, 0.15) is 5.75 Å². The third-order valence-corrected chi connectivity index (χ3v) is 4.59.